The molecule has 1 fully saturated rings. The lowest BCUT2D eigenvalue weighted by atomic mass is 9.86. The molecule has 2 heterocycles. The van der Waals surface area contributed by atoms with Crippen molar-refractivity contribution >= 4 is 0 Å². The summed E-state index contributed by atoms with van der Waals surface area (Å²) >= 11 is 0. The summed E-state index contributed by atoms with van der Waals surface area (Å²) in [5.74, 6) is 1.05. The van der Waals surface area contributed by atoms with Crippen molar-refractivity contribution in [1.82, 2.24) is 9.80 Å². The molecule has 0 amide bonds. The van der Waals surface area contributed by atoms with Crippen LogP contribution >= 0.6 is 0 Å². The maximum absolute atomic E-state index is 5.94. The van der Waals surface area contributed by atoms with E-state index in [4.69, 9.17) is 10.2 Å². The van der Waals surface area contributed by atoms with E-state index in [1.807, 2.05) is 12.1 Å². The predicted octanol–water partition coefficient (Wildman–Crippen LogP) is 1.13. The SMILES string of the molecule is CN(C)C1(CN)CCN(Cc2ccco2)CC1. The molecule has 1 aliphatic heterocycles. The molecule has 1 aromatic heterocycles. The van der Waals surface area contributed by atoms with Crippen molar-refractivity contribution in [2.75, 3.05) is 33.7 Å². The summed E-state index contributed by atoms with van der Waals surface area (Å²) in [7, 11) is 4.27. The summed E-state index contributed by atoms with van der Waals surface area (Å²) in [6.07, 6.45) is 4.01. The molecule has 2 N–H and O–H groups in total. The Labute approximate surface area is 103 Å². The Hall–Kier alpha value is -0.840. The Morgan fingerprint density at radius 1 is 1.41 bits per heavy atom. The predicted molar refractivity (Wildman–Crippen MR) is 68.7 cm³/mol. The first kappa shape index (κ1) is 12.6. The zero-order valence-corrected chi connectivity index (χ0v) is 10.9. The average Bonchev–Trinajstić information content (AvgIpc) is 2.83. The Balaban J connectivity index is 1.89. The Morgan fingerprint density at radius 2 is 2.12 bits per heavy atom. The molecule has 0 aliphatic carbocycles. The average molecular weight is 237 g/mol. The van der Waals surface area contributed by atoms with Crippen LogP contribution in [0, 0.1) is 0 Å². The van der Waals surface area contributed by atoms with Crippen molar-refractivity contribution in [2.45, 2.75) is 24.9 Å². The van der Waals surface area contributed by atoms with Crippen molar-refractivity contribution in [3.8, 4) is 0 Å². The second kappa shape index (κ2) is 5.21. The van der Waals surface area contributed by atoms with E-state index in [9.17, 15) is 0 Å². The molecule has 1 aromatic rings. The van der Waals surface area contributed by atoms with E-state index in [2.05, 4.69) is 23.9 Å². The highest BCUT2D eigenvalue weighted by Gasteiger charge is 2.35. The molecular formula is C13H23N3O. The van der Waals surface area contributed by atoms with E-state index in [1.165, 1.54) is 0 Å². The van der Waals surface area contributed by atoms with E-state index >= 15 is 0 Å². The normalized spacial score (nSPS) is 20.9. The summed E-state index contributed by atoms with van der Waals surface area (Å²) in [6, 6.07) is 3.99. The van der Waals surface area contributed by atoms with Gasteiger partial charge in [-0.2, -0.15) is 0 Å². The molecule has 0 spiro atoms. The smallest absolute Gasteiger partial charge is 0.117 e. The standard InChI is InChI=1S/C13H23N3O/c1-15(2)13(11-14)5-7-16(8-6-13)10-12-4-3-9-17-12/h3-4,9H,5-8,10-11,14H2,1-2H3. The Bertz CT molecular complexity index is 326. The monoisotopic (exact) mass is 237 g/mol. The van der Waals surface area contributed by atoms with Crippen LogP contribution in [0.3, 0.4) is 0 Å². The maximum Gasteiger partial charge on any atom is 0.117 e. The fourth-order valence-electron chi connectivity index (χ4n) is 2.58. The van der Waals surface area contributed by atoms with Crippen LogP contribution in [0.5, 0.6) is 0 Å². The first-order chi connectivity index (χ1) is 8.16. The highest BCUT2D eigenvalue weighted by atomic mass is 16.3. The number of likely N-dealkylation sites (tertiary alicyclic amines) is 1. The lowest BCUT2D eigenvalue weighted by Gasteiger charge is -2.45. The molecule has 1 aliphatic rings. The molecule has 2 rings (SSSR count). The summed E-state index contributed by atoms with van der Waals surface area (Å²) in [4.78, 5) is 4.73. The van der Waals surface area contributed by atoms with Gasteiger partial charge in [-0.25, -0.2) is 0 Å². The topological polar surface area (TPSA) is 45.6 Å². The molecule has 0 saturated carbocycles. The minimum Gasteiger partial charge on any atom is -0.468 e. The van der Waals surface area contributed by atoms with Crippen molar-refractivity contribution in [2.24, 2.45) is 5.73 Å². The highest BCUT2D eigenvalue weighted by molar-refractivity contribution is 5.00. The van der Waals surface area contributed by atoms with Gasteiger partial charge >= 0.3 is 0 Å². The van der Waals surface area contributed by atoms with E-state index in [0.717, 1.165) is 44.8 Å². The number of furan rings is 1. The lowest BCUT2D eigenvalue weighted by molar-refractivity contribution is 0.0569. The van der Waals surface area contributed by atoms with Crippen molar-refractivity contribution in [3.05, 3.63) is 24.2 Å². The quantitative estimate of drug-likeness (QED) is 0.853. The van der Waals surface area contributed by atoms with Crippen molar-refractivity contribution in [1.29, 1.82) is 0 Å². The molecule has 96 valence electrons. The fraction of sp³-hybridized carbons (Fsp3) is 0.692. The van der Waals surface area contributed by atoms with Gasteiger partial charge in [0.15, 0.2) is 0 Å². The van der Waals surface area contributed by atoms with Gasteiger partial charge in [0, 0.05) is 25.2 Å². The largest absolute Gasteiger partial charge is 0.468 e. The first-order valence-corrected chi connectivity index (χ1v) is 6.28. The van der Waals surface area contributed by atoms with Crippen LogP contribution in [0.4, 0.5) is 0 Å². The van der Waals surface area contributed by atoms with Crippen LogP contribution in [0.1, 0.15) is 18.6 Å². The minimum absolute atomic E-state index is 0.194. The summed E-state index contributed by atoms with van der Waals surface area (Å²) < 4.78 is 5.39. The third kappa shape index (κ3) is 2.70. The second-order valence-corrected chi connectivity index (χ2v) is 5.18. The molecule has 0 bridgehead atoms. The third-order valence-corrected chi connectivity index (χ3v) is 4.07. The van der Waals surface area contributed by atoms with Crippen molar-refractivity contribution < 1.29 is 4.42 Å². The number of hydrogen-bond acceptors (Lipinski definition) is 4. The lowest BCUT2D eigenvalue weighted by Crippen LogP contribution is -2.56. The Kier molecular flexibility index (Phi) is 3.86. The zero-order chi connectivity index (χ0) is 12.3. The molecule has 4 heteroatoms. The number of hydrogen-bond donors (Lipinski definition) is 1. The van der Waals surface area contributed by atoms with Crippen LogP contribution in [0.15, 0.2) is 22.8 Å². The maximum atomic E-state index is 5.94. The summed E-state index contributed by atoms with van der Waals surface area (Å²) in [5, 5.41) is 0. The van der Waals surface area contributed by atoms with Gasteiger partial charge in [0.25, 0.3) is 0 Å². The van der Waals surface area contributed by atoms with Crippen LogP contribution in [0.25, 0.3) is 0 Å². The van der Waals surface area contributed by atoms with Gasteiger partial charge in [0.1, 0.15) is 5.76 Å². The number of piperidine rings is 1. The van der Waals surface area contributed by atoms with Gasteiger partial charge in [0.05, 0.1) is 12.8 Å². The van der Waals surface area contributed by atoms with Gasteiger partial charge in [-0.3, -0.25) is 4.90 Å². The van der Waals surface area contributed by atoms with E-state index < -0.39 is 0 Å². The minimum atomic E-state index is 0.194. The van der Waals surface area contributed by atoms with Crippen molar-refractivity contribution in [3.63, 3.8) is 0 Å². The van der Waals surface area contributed by atoms with E-state index in [-0.39, 0.29) is 5.54 Å². The summed E-state index contributed by atoms with van der Waals surface area (Å²) in [5.41, 5.74) is 6.14. The molecule has 0 radical (unpaired) electrons. The van der Waals surface area contributed by atoms with Gasteiger partial charge in [-0.15, -0.1) is 0 Å². The number of rotatable bonds is 4. The number of nitrogens with two attached hydrogens (primary N) is 1. The molecule has 4 nitrogen and oxygen atoms in total. The Morgan fingerprint density at radius 3 is 2.59 bits per heavy atom. The highest BCUT2D eigenvalue weighted by Crippen LogP contribution is 2.26. The molecule has 1 saturated heterocycles. The van der Waals surface area contributed by atoms with Gasteiger partial charge in [0.2, 0.25) is 0 Å². The van der Waals surface area contributed by atoms with Crippen LogP contribution in [-0.2, 0) is 6.54 Å². The van der Waals surface area contributed by atoms with E-state index in [1.54, 1.807) is 6.26 Å². The fourth-order valence-corrected chi connectivity index (χ4v) is 2.58. The van der Waals surface area contributed by atoms with Gasteiger partial charge in [-0.05, 0) is 39.1 Å². The zero-order valence-electron chi connectivity index (χ0n) is 10.9. The second-order valence-electron chi connectivity index (χ2n) is 5.18. The molecular weight excluding hydrogens is 214 g/mol. The first-order valence-electron chi connectivity index (χ1n) is 6.28. The van der Waals surface area contributed by atoms with Crippen LogP contribution < -0.4 is 5.73 Å². The van der Waals surface area contributed by atoms with Crippen LogP contribution in [-0.4, -0.2) is 49.1 Å². The van der Waals surface area contributed by atoms with Gasteiger partial charge in [-0.1, -0.05) is 0 Å². The molecule has 0 unspecified atom stereocenters. The van der Waals surface area contributed by atoms with Crippen LogP contribution in [0.2, 0.25) is 0 Å². The molecule has 0 atom stereocenters. The van der Waals surface area contributed by atoms with Gasteiger partial charge < -0.3 is 15.1 Å². The third-order valence-electron chi connectivity index (χ3n) is 4.07. The molecule has 0 aromatic carbocycles. The number of likely N-dealkylation sites (N-methyl/N-ethyl adjacent to an activating group) is 1. The van der Waals surface area contributed by atoms with E-state index in [0.29, 0.717) is 0 Å². The number of nitrogens with zero attached hydrogens (tertiary/aromatic N) is 2. The summed E-state index contributed by atoms with van der Waals surface area (Å²) in [6.45, 7) is 3.85. The molecule has 17 heavy (non-hydrogen) atoms.